The molecule has 5 rings (SSSR count). The molecule has 5 aromatic rings. The number of amides is 1. The van der Waals surface area contributed by atoms with Crippen molar-refractivity contribution in [3.8, 4) is 0 Å². The molecule has 0 bridgehead atoms. The first-order chi connectivity index (χ1) is 17.4. The van der Waals surface area contributed by atoms with Gasteiger partial charge in [0.15, 0.2) is 0 Å². The summed E-state index contributed by atoms with van der Waals surface area (Å²) < 4.78 is 0. The number of nitrogens with two attached hydrogens (primary N) is 1. The molecule has 0 radical (unpaired) electrons. The first kappa shape index (κ1) is 23.0. The van der Waals surface area contributed by atoms with Gasteiger partial charge in [0, 0.05) is 46.3 Å². The minimum absolute atomic E-state index is 0.168. The predicted octanol–water partition coefficient (Wildman–Crippen LogP) is 5.81. The monoisotopic (exact) mass is 474 g/mol. The fraction of sp³-hybridized carbons (Fsp3) is 0.103. The minimum Gasteiger partial charge on any atom is -0.368 e. The largest absolute Gasteiger partial charge is 0.368 e. The molecule has 0 aliphatic carbocycles. The number of aryl methyl sites for hydroxylation is 2. The molecule has 0 spiro atoms. The van der Waals surface area contributed by atoms with Gasteiger partial charge in [0.1, 0.15) is 0 Å². The van der Waals surface area contributed by atoms with Crippen LogP contribution in [0.1, 0.15) is 32.9 Å². The van der Waals surface area contributed by atoms with E-state index in [2.05, 4.69) is 44.6 Å². The molecular weight excluding hydrogens is 448 g/mol. The second-order valence-electron chi connectivity index (χ2n) is 8.77. The zero-order valence-corrected chi connectivity index (χ0v) is 20.1. The van der Waals surface area contributed by atoms with Crippen molar-refractivity contribution in [3.63, 3.8) is 0 Å². The third-order valence-electron chi connectivity index (χ3n) is 5.84. The van der Waals surface area contributed by atoms with E-state index in [0.717, 1.165) is 44.9 Å². The third kappa shape index (κ3) is 5.31. The number of rotatable bonds is 6. The molecule has 2 aromatic heterocycles. The standard InChI is InChI=1S/C29H26N6O/c1-18-3-12-26-25(15-18)27(13-14-31-26)33-22-10-6-21(7-11-22)28(36)34-23-8-4-20(5-9-23)17-24-16-19(2)32-29(30)35-24/h3-16H,17H2,1-2H3,(H,31,33)(H,34,36)(H2,30,32,35). The summed E-state index contributed by atoms with van der Waals surface area (Å²) in [6.45, 7) is 3.96. The summed E-state index contributed by atoms with van der Waals surface area (Å²) in [6.07, 6.45) is 2.43. The molecule has 36 heavy (non-hydrogen) atoms. The second kappa shape index (κ2) is 9.84. The lowest BCUT2D eigenvalue weighted by Gasteiger charge is -2.11. The lowest BCUT2D eigenvalue weighted by atomic mass is 10.1. The first-order valence-electron chi connectivity index (χ1n) is 11.7. The normalized spacial score (nSPS) is 10.8. The molecule has 7 heteroatoms. The van der Waals surface area contributed by atoms with Gasteiger partial charge in [0.2, 0.25) is 5.95 Å². The van der Waals surface area contributed by atoms with Crippen molar-refractivity contribution < 1.29 is 4.79 Å². The molecule has 0 aliphatic heterocycles. The third-order valence-corrected chi connectivity index (χ3v) is 5.84. The van der Waals surface area contributed by atoms with E-state index >= 15 is 0 Å². The summed E-state index contributed by atoms with van der Waals surface area (Å²) in [7, 11) is 0. The average molecular weight is 475 g/mol. The summed E-state index contributed by atoms with van der Waals surface area (Å²) in [6, 6.07) is 25.2. The van der Waals surface area contributed by atoms with Crippen molar-refractivity contribution in [1.82, 2.24) is 15.0 Å². The maximum absolute atomic E-state index is 12.8. The minimum atomic E-state index is -0.168. The van der Waals surface area contributed by atoms with Crippen LogP contribution in [-0.4, -0.2) is 20.9 Å². The highest BCUT2D eigenvalue weighted by Gasteiger charge is 2.08. The van der Waals surface area contributed by atoms with Gasteiger partial charge in [-0.15, -0.1) is 0 Å². The fourth-order valence-electron chi connectivity index (χ4n) is 4.10. The summed E-state index contributed by atoms with van der Waals surface area (Å²) in [4.78, 5) is 25.6. The smallest absolute Gasteiger partial charge is 0.255 e. The van der Waals surface area contributed by atoms with Crippen molar-refractivity contribution in [2.75, 3.05) is 16.4 Å². The van der Waals surface area contributed by atoms with Crippen molar-refractivity contribution in [2.24, 2.45) is 0 Å². The Kier molecular flexibility index (Phi) is 6.28. The van der Waals surface area contributed by atoms with Gasteiger partial charge in [0.25, 0.3) is 5.91 Å². The van der Waals surface area contributed by atoms with E-state index in [1.165, 1.54) is 5.56 Å². The van der Waals surface area contributed by atoms with Crippen LogP contribution in [0.2, 0.25) is 0 Å². The summed E-state index contributed by atoms with van der Waals surface area (Å²) in [5.41, 5.74) is 13.8. The van der Waals surface area contributed by atoms with E-state index in [1.807, 2.05) is 73.7 Å². The lowest BCUT2D eigenvalue weighted by molar-refractivity contribution is 0.102. The highest BCUT2D eigenvalue weighted by atomic mass is 16.1. The van der Waals surface area contributed by atoms with Gasteiger partial charge in [-0.05, 0) is 80.1 Å². The first-order valence-corrected chi connectivity index (χ1v) is 11.7. The van der Waals surface area contributed by atoms with E-state index in [1.54, 1.807) is 6.20 Å². The Bertz CT molecular complexity index is 1530. The van der Waals surface area contributed by atoms with Crippen LogP contribution in [0.25, 0.3) is 10.9 Å². The lowest BCUT2D eigenvalue weighted by Crippen LogP contribution is -2.11. The van der Waals surface area contributed by atoms with E-state index in [0.29, 0.717) is 12.0 Å². The van der Waals surface area contributed by atoms with Gasteiger partial charge in [-0.3, -0.25) is 9.78 Å². The Labute approximate surface area is 209 Å². The van der Waals surface area contributed by atoms with Crippen LogP contribution in [0, 0.1) is 13.8 Å². The van der Waals surface area contributed by atoms with Gasteiger partial charge >= 0.3 is 0 Å². The molecule has 4 N–H and O–H groups in total. The van der Waals surface area contributed by atoms with E-state index in [-0.39, 0.29) is 11.9 Å². The molecule has 0 atom stereocenters. The van der Waals surface area contributed by atoms with Crippen LogP contribution < -0.4 is 16.4 Å². The van der Waals surface area contributed by atoms with Crippen LogP contribution in [0.4, 0.5) is 23.0 Å². The second-order valence-corrected chi connectivity index (χ2v) is 8.77. The number of hydrogen-bond acceptors (Lipinski definition) is 6. The number of benzene rings is 3. The Hall–Kier alpha value is -4.78. The SMILES string of the molecule is Cc1ccc2nccc(Nc3ccc(C(=O)Nc4ccc(Cc5cc(C)nc(N)n5)cc4)cc3)c2c1. The van der Waals surface area contributed by atoms with E-state index in [9.17, 15) is 4.79 Å². The molecule has 0 aliphatic rings. The quantitative estimate of drug-likeness (QED) is 0.287. The zero-order valence-electron chi connectivity index (χ0n) is 20.1. The number of pyridine rings is 1. The predicted molar refractivity (Wildman–Crippen MR) is 145 cm³/mol. The molecule has 3 aromatic carbocycles. The molecule has 1 amide bonds. The van der Waals surface area contributed by atoms with Gasteiger partial charge in [-0.1, -0.05) is 23.8 Å². The molecule has 7 nitrogen and oxygen atoms in total. The number of nitrogen functional groups attached to an aromatic ring is 1. The van der Waals surface area contributed by atoms with E-state index < -0.39 is 0 Å². The summed E-state index contributed by atoms with van der Waals surface area (Å²) in [5.74, 6) is 0.109. The summed E-state index contributed by atoms with van der Waals surface area (Å²) in [5, 5.41) is 7.44. The number of nitrogens with zero attached hydrogens (tertiary/aromatic N) is 3. The van der Waals surface area contributed by atoms with Crippen LogP contribution in [0.15, 0.2) is 85.1 Å². The number of nitrogens with one attached hydrogen (secondary N) is 2. The van der Waals surface area contributed by atoms with Crippen molar-refractivity contribution >= 4 is 39.8 Å². The highest BCUT2D eigenvalue weighted by Crippen LogP contribution is 2.26. The van der Waals surface area contributed by atoms with Gasteiger partial charge in [-0.2, -0.15) is 0 Å². The number of carbonyl (C=O) groups is 1. The Balaban J connectivity index is 1.23. The molecule has 0 unspecified atom stereocenters. The van der Waals surface area contributed by atoms with Crippen LogP contribution in [-0.2, 0) is 6.42 Å². The topological polar surface area (TPSA) is 106 Å². The van der Waals surface area contributed by atoms with E-state index in [4.69, 9.17) is 5.73 Å². The molecule has 2 heterocycles. The molecular formula is C29H26N6O. The molecule has 0 saturated carbocycles. The van der Waals surface area contributed by atoms with Gasteiger partial charge in [0.05, 0.1) is 11.2 Å². The molecule has 0 fully saturated rings. The van der Waals surface area contributed by atoms with Crippen LogP contribution in [0.5, 0.6) is 0 Å². The maximum atomic E-state index is 12.8. The van der Waals surface area contributed by atoms with Gasteiger partial charge < -0.3 is 16.4 Å². The number of hydrogen-bond donors (Lipinski definition) is 3. The number of aromatic nitrogens is 3. The molecule has 178 valence electrons. The Morgan fingerprint density at radius 3 is 2.36 bits per heavy atom. The number of anilines is 4. The Morgan fingerprint density at radius 1 is 0.861 bits per heavy atom. The maximum Gasteiger partial charge on any atom is 0.255 e. The fourth-order valence-corrected chi connectivity index (χ4v) is 4.10. The van der Waals surface area contributed by atoms with Gasteiger partial charge in [-0.25, -0.2) is 9.97 Å². The highest BCUT2D eigenvalue weighted by molar-refractivity contribution is 6.04. The van der Waals surface area contributed by atoms with Crippen molar-refractivity contribution in [3.05, 3.63) is 113 Å². The Morgan fingerprint density at radius 2 is 1.61 bits per heavy atom. The van der Waals surface area contributed by atoms with Crippen LogP contribution in [0.3, 0.4) is 0 Å². The average Bonchev–Trinajstić information content (AvgIpc) is 2.85. The van der Waals surface area contributed by atoms with Crippen molar-refractivity contribution in [1.29, 1.82) is 0 Å². The molecule has 0 saturated heterocycles. The number of carbonyl (C=O) groups excluding carboxylic acids is 1. The summed E-state index contributed by atoms with van der Waals surface area (Å²) >= 11 is 0. The van der Waals surface area contributed by atoms with Crippen molar-refractivity contribution in [2.45, 2.75) is 20.3 Å². The van der Waals surface area contributed by atoms with Crippen LogP contribution >= 0.6 is 0 Å². The zero-order chi connectivity index (χ0) is 25.1. The number of fused-ring (bicyclic) bond motifs is 1.